The Labute approximate surface area is 101 Å². The molecule has 1 fully saturated rings. The molecule has 1 aromatic carbocycles. The number of hydrogen-bond acceptors (Lipinski definition) is 3. The van der Waals surface area contributed by atoms with Crippen molar-refractivity contribution in [3.8, 4) is 5.75 Å². The van der Waals surface area contributed by atoms with Crippen LogP contribution in [0.5, 0.6) is 5.75 Å². The molecule has 1 aliphatic heterocycles. The van der Waals surface area contributed by atoms with Crippen molar-refractivity contribution in [3.05, 3.63) is 35.9 Å². The SMILES string of the molecule is COc1ccccc1/C=C/C1CCC(=O)NN1. The molecule has 0 spiro atoms. The number of benzene rings is 1. The van der Waals surface area contributed by atoms with E-state index >= 15 is 0 Å². The van der Waals surface area contributed by atoms with Gasteiger partial charge < -0.3 is 4.74 Å². The van der Waals surface area contributed by atoms with Crippen molar-refractivity contribution in [2.24, 2.45) is 0 Å². The number of hydrazine groups is 1. The Balaban J connectivity index is 2.02. The number of hydrogen-bond donors (Lipinski definition) is 2. The van der Waals surface area contributed by atoms with E-state index in [1.165, 1.54) is 0 Å². The van der Waals surface area contributed by atoms with Crippen molar-refractivity contribution in [1.82, 2.24) is 10.9 Å². The van der Waals surface area contributed by atoms with Crippen LogP contribution in [0, 0.1) is 0 Å². The molecule has 4 heteroatoms. The van der Waals surface area contributed by atoms with Crippen LogP contribution in [0.25, 0.3) is 6.08 Å². The quantitative estimate of drug-likeness (QED) is 0.830. The molecule has 1 heterocycles. The van der Waals surface area contributed by atoms with Gasteiger partial charge in [0.25, 0.3) is 0 Å². The third-order valence-electron chi connectivity index (χ3n) is 2.73. The zero-order valence-electron chi connectivity index (χ0n) is 9.77. The molecular formula is C13H16N2O2. The van der Waals surface area contributed by atoms with E-state index in [9.17, 15) is 4.79 Å². The highest BCUT2D eigenvalue weighted by Crippen LogP contribution is 2.19. The van der Waals surface area contributed by atoms with Gasteiger partial charge >= 0.3 is 0 Å². The zero-order valence-corrected chi connectivity index (χ0v) is 9.77. The molecule has 2 rings (SSSR count). The van der Waals surface area contributed by atoms with Crippen molar-refractivity contribution >= 4 is 12.0 Å². The van der Waals surface area contributed by atoms with E-state index in [0.717, 1.165) is 17.7 Å². The third-order valence-corrected chi connectivity index (χ3v) is 2.73. The molecule has 1 unspecified atom stereocenters. The van der Waals surface area contributed by atoms with Gasteiger partial charge in [-0.15, -0.1) is 0 Å². The highest BCUT2D eigenvalue weighted by molar-refractivity contribution is 5.76. The molecule has 0 saturated carbocycles. The van der Waals surface area contributed by atoms with Crippen LogP contribution in [0.15, 0.2) is 30.3 Å². The summed E-state index contributed by atoms with van der Waals surface area (Å²) < 4.78 is 5.26. The Morgan fingerprint density at radius 3 is 2.94 bits per heavy atom. The molecular weight excluding hydrogens is 216 g/mol. The van der Waals surface area contributed by atoms with Crippen LogP contribution >= 0.6 is 0 Å². The van der Waals surface area contributed by atoms with E-state index in [-0.39, 0.29) is 11.9 Å². The maximum absolute atomic E-state index is 11.0. The molecule has 2 N–H and O–H groups in total. The first-order chi connectivity index (χ1) is 8.29. The first-order valence-electron chi connectivity index (χ1n) is 5.65. The van der Waals surface area contributed by atoms with Crippen molar-refractivity contribution in [2.45, 2.75) is 18.9 Å². The average molecular weight is 232 g/mol. The van der Waals surface area contributed by atoms with Crippen LogP contribution in [-0.2, 0) is 4.79 Å². The minimum absolute atomic E-state index is 0.0481. The molecule has 90 valence electrons. The van der Waals surface area contributed by atoms with Crippen LogP contribution in [0.4, 0.5) is 0 Å². The van der Waals surface area contributed by atoms with E-state index in [1.54, 1.807) is 7.11 Å². The molecule has 0 aliphatic carbocycles. The minimum Gasteiger partial charge on any atom is -0.496 e. The lowest BCUT2D eigenvalue weighted by atomic mass is 10.1. The van der Waals surface area contributed by atoms with Crippen molar-refractivity contribution in [2.75, 3.05) is 7.11 Å². The fourth-order valence-electron chi connectivity index (χ4n) is 1.76. The lowest BCUT2D eigenvalue weighted by Crippen LogP contribution is -2.48. The monoisotopic (exact) mass is 232 g/mol. The molecule has 1 aromatic rings. The van der Waals surface area contributed by atoms with Gasteiger partial charge in [0.05, 0.1) is 7.11 Å². The Morgan fingerprint density at radius 2 is 2.24 bits per heavy atom. The van der Waals surface area contributed by atoms with Gasteiger partial charge in [0.1, 0.15) is 5.75 Å². The Morgan fingerprint density at radius 1 is 1.41 bits per heavy atom. The predicted molar refractivity (Wildman–Crippen MR) is 66.3 cm³/mol. The van der Waals surface area contributed by atoms with Crippen molar-refractivity contribution in [1.29, 1.82) is 0 Å². The summed E-state index contributed by atoms with van der Waals surface area (Å²) in [5, 5.41) is 0. The summed E-state index contributed by atoms with van der Waals surface area (Å²) in [6.07, 6.45) is 5.43. The highest BCUT2D eigenvalue weighted by Gasteiger charge is 2.14. The lowest BCUT2D eigenvalue weighted by molar-refractivity contribution is -0.123. The molecule has 17 heavy (non-hydrogen) atoms. The molecule has 1 amide bonds. The molecule has 4 nitrogen and oxygen atoms in total. The van der Waals surface area contributed by atoms with Crippen LogP contribution in [0.2, 0.25) is 0 Å². The molecule has 0 radical (unpaired) electrons. The summed E-state index contributed by atoms with van der Waals surface area (Å²) in [6, 6.07) is 8.01. The Hall–Kier alpha value is -1.81. The smallest absolute Gasteiger partial charge is 0.234 e. The van der Waals surface area contributed by atoms with Crippen LogP contribution in [0.3, 0.4) is 0 Å². The van der Waals surface area contributed by atoms with E-state index < -0.39 is 0 Å². The summed E-state index contributed by atoms with van der Waals surface area (Å²) in [6.45, 7) is 0. The van der Waals surface area contributed by atoms with Gasteiger partial charge in [-0.25, -0.2) is 5.43 Å². The van der Waals surface area contributed by atoms with E-state index in [2.05, 4.69) is 10.9 Å². The number of nitrogens with one attached hydrogen (secondary N) is 2. The summed E-state index contributed by atoms with van der Waals surface area (Å²) >= 11 is 0. The summed E-state index contributed by atoms with van der Waals surface area (Å²) in [5.74, 6) is 0.899. The van der Waals surface area contributed by atoms with Crippen LogP contribution in [0.1, 0.15) is 18.4 Å². The molecule has 0 aromatic heterocycles. The van der Waals surface area contributed by atoms with E-state index in [4.69, 9.17) is 4.74 Å². The van der Waals surface area contributed by atoms with Gasteiger partial charge in [-0.05, 0) is 12.5 Å². The van der Waals surface area contributed by atoms with Gasteiger partial charge in [0.15, 0.2) is 0 Å². The number of amides is 1. The third kappa shape index (κ3) is 3.07. The molecule has 0 bridgehead atoms. The van der Waals surface area contributed by atoms with Gasteiger partial charge in [0.2, 0.25) is 5.91 Å². The second-order valence-electron chi connectivity index (χ2n) is 3.94. The lowest BCUT2D eigenvalue weighted by Gasteiger charge is -2.20. The molecule has 1 saturated heterocycles. The fraction of sp³-hybridized carbons (Fsp3) is 0.308. The topological polar surface area (TPSA) is 50.4 Å². The second-order valence-corrected chi connectivity index (χ2v) is 3.94. The van der Waals surface area contributed by atoms with Crippen molar-refractivity contribution in [3.63, 3.8) is 0 Å². The Kier molecular flexibility index (Phi) is 3.77. The van der Waals surface area contributed by atoms with Gasteiger partial charge in [-0.2, -0.15) is 0 Å². The second kappa shape index (κ2) is 5.50. The van der Waals surface area contributed by atoms with Gasteiger partial charge in [0, 0.05) is 18.0 Å². The number of methoxy groups -OCH3 is 1. The highest BCUT2D eigenvalue weighted by atomic mass is 16.5. The van der Waals surface area contributed by atoms with Gasteiger partial charge in [-0.3, -0.25) is 10.2 Å². The van der Waals surface area contributed by atoms with Crippen LogP contribution < -0.4 is 15.6 Å². The van der Waals surface area contributed by atoms with Crippen LogP contribution in [-0.4, -0.2) is 19.1 Å². The normalized spacial score (nSPS) is 20.3. The van der Waals surface area contributed by atoms with E-state index in [1.807, 2.05) is 36.4 Å². The zero-order chi connectivity index (χ0) is 12.1. The molecule has 1 atom stereocenters. The minimum atomic E-state index is 0.0481. The molecule has 1 aliphatic rings. The number of carbonyl (C=O) groups excluding carboxylic acids is 1. The summed E-state index contributed by atoms with van der Waals surface area (Å²) in [7, 11) is 1.66. The average Bonchev–Trinajstić information content (AvgIpc) is 2.38. The van der Waals surface area contributed by atoms with Crippen molar-refractivity contribution < 1.29 is 9.53 Å². The van der Waals surface area contributed by atoms with E-state index in [0.29, 0.717) is 6.42 Å². The fourth-order valence-corrected chi connectivity index (χ4v) is 1.76. The first-order valence-corrected chi connectivity index (χ1v) is 5.65. The number of ether oxygens (including phenoxy) is 1. The number of rotatable bonds is 3. The number of carbonyl (C=O) groups is 1. The largest absolute Gasteiger partial charge is 0.496 e. The summed E-state index contributed by atoms with van der Waals surface area (Å²) in [5.41, 5.74) is 6.61. The maximum Gasteiger partial charge on any atom is 0.234 e. The number of para-hydroxylation sites is 1. The Bertz CT molecular complexity index is 419. The maximum atomic E-state index is 11.0. The summed E-state index contributed by atoms with van der Waals surface area (Å²) in [4.78, 5) is 11.0. The standard InChI is InChI=1S/C13H16N2O2/c1-17-12-5-3-2-4-10(12)6-7-11-8-9-13(16)15-14-11/h2-7,11,14H,8-9H2,1H3,(H,15,16)/b7-6+. The first kappa shape index (κ1) is 11.7. The van der Waals surface area contributed by atoms with Gasteiger partial charge in [-0.1, -0.05) is 30.4 Å². The predicted octanol–water partition coefficient (Wildman–Crippen LogP) is 1.49.